The summed E-state index contributed by atoms with van der Waals surface area (Å²) in [5.74, 6) is 0.953. The Kier molecular flexibility index (Phi) is 4.58. The number of hydrogen-bond acceptors (Lipinski definition) is 4. The summed E-state index contributed by atoms with van der Waals surface area (Å²) in [6.45, 7) is 1.53. The number of imidazole rings is 1. The van der Waals surface area contributed by atoms with Crippen LogP contribution >= 0.6 is 0 Å². The fourth-order valence-electron chi connectivity index (χ4n) is 1.17. The highest BCUT2D eigenvalue weighted by molar-refractivity contribution is 4.90. The van der Waals surface area contributed by atoms with Crippen LogP contribution in [0.25, 0.3) is 0 Å². The molecule has 0 bridgehead atoms. The molecule has 0 aliphatic rings. The van der Waals surface area contributed by atoms with Crippen LogP contribution in [0, 0.1) is 0 Å². The minimum Gasteiger partial charge on any atom is -0.389 e. The summed E-state index contributed by atoms with van der Waals surface area (Å²) in [4.78, 5) is 4.15. The number of hydrogen-bond donors (Lipinski definition) is 2. The predicted molar refractivity (Wildman–Crippen MR) is 52.8 cm³/mol. The average molecular weight is 199 g/mol. The summed E-state index contributed by atoms with van der Waals surface area (Å²) in [7, 11) is 3.51. The van der Waals surface area contributed by atoms with E-state index in [0.29, 0.717) is 19.7 Å². The zero-order valence-corrected chi connectivity index (χ0v) is 8.60. The Labute approximate surface area is 83.7 Å². The van der Waals surface area contributed by atoms with E-state index in [-0.39, 0.29) is 0 Å². The van der Waals surface area contributed by atoms with Crippen molar-refractivity contribution in [1.29, 1.82) is 0 Å². The minimum atomic E-state index is -0.458. The highest BCUT2D eigenvalue weighted by Gasteiger charge is 2.03. The van der Waals surface area contributed by atoms with E-state index < -0.39 is 6.10 Å². The Bertz CT molecular complexity index is 262. The van der Waals surface area contributed by atoms with Gasteiger partial charge in [0.05, 0.1) is 19.3 Å². The molecular weight excluding hydrogens is 182 g/mol. The number of rotatable bonds is 6. The second-order valence-corrected chi connectivity index (χ2v) is 3.19. The summed E-state index contributed by atoms with van der Waals surface area (Å²) in [6, 6.07) is 0. The molecule has 2 N–H and O–H groups in total. The second kappa shape index (κ2) is 5.74. The van der Waals surface area contributed by atoms with Crippen LogP contribution in [0.15, 0.2) is 12.4 Å². The molecule has 80 valence electrons. The van der Waals surface area contributed by atoms with Gasteiger partial charge in [-0.3, -0.25) is 0 Å². The quantitative estimate of drug-likeness (QED) is 0.649. The third-order valence-electron chi connectivity index (χ3n) is 1.94. The molecule has 1 unspecified atom stereocenters. The highest BCUT2D eigenvalue weighted by Crippen LogP contribution is 1.92. The van der Waals surface area contributed by atoms with E-state index in [9.17, 15) is 5.11 Å². The Balaban J connectivity index is 2.19. The summed E-state index contributed by atoms with van der Waals surface area (Å²) >= 11 is 0. The van der Waals surface area contributed by atoms with Gasteiger partial charge in [-0.1, -0.05) is 0 Å². The number of nitrogens with one attached hydrogen (secondary N) is 1. The van der Waals surface area contributed by atoms with Gasteiger partial charge in [-0.15, -0.1) is 0 Å². The number of aliphatic hydroxyl groups excluding tert-OH is 1. The molecule has 1 aromatic heterocycles. The largest absolute Gasteiger partial charge is 0.389 e. The number of methoxy groups -OCH3 is 1. The zero-order chi connectivity index (χ0) is 10.4. The van der Waals surface area contributed by atoms with Gasteiger partial charge in [0.15, 0.2) is 0 Å². The minimum absolute atomic E-state index is 0.355. The fraction of sp³-hybridized carbons (Fsp3) is 0.667. The summed E-state index contributed by atoms with van der Waals surface area (Å²) in [5, 5.41) is 12.4. The predicted octanol–water partition coefficient (Wildman–Crippen LogP) is -0.483. The van der Waals surface area contributed by atoms with Crippen molar-refractivity contribution in [2.24, 2.45) is 7.05 Å². The number of aliphatic hydroxyl groups is 1. The molecule has 0 saturated carbocycles. The average Bonchev–Trinajstić information content (AvgIpc) is 2.52. The lowest BCUT2D eigenvalue weighted by Gasteiger charge is -2.10. The van der Waals surface area contributed by atoms with E-state index in [2.05, 4.69) is 10.3 Å². The van der Waals surface area contributed by atoms with Gasteiger partial charge in [0.1, 0.15) is 5.82 Å². The molecule has 1 heterocycles. The van der Waals surface area contributed by atoms with Crippen LogP contribution in [0.3, 0.4) is 0 Å². The summed E-state index contributed by atoms with van der Waals surface area (Å²) in [6.07, 6.45) is 3.19. The maximum absolute atomic E-state index is 9.33. The van der Waals surface area contributed by atoms with E-state index >= 15 is 0 Å². The molecule has 1 atom stereocenters. The third-order valence-corrected chi connectivity index (χ3v) is 1.94. The van der Waals surface area contributed by atoms with Gasteiger partial charge in [0, 0.05) is 33.1 Å². The molecule has 0 aliphatic carbocycles. The van der Waals surface area contributed by atoms with Crippen molar-refractivity contribution in [3.63, 3.8) is 0 Å². The molecule has 5 nitrogen and oxygen atoms in total. The SMILES string of the molecule is COCC(O)CNCc1nccn1C. The van der Waals surface area contributed by atoms with Crippen molar-refractivity contribution in [2.45, 2.75) is 12.6 Å². The van der Waals surface area contributed by atoms with Crippen molar-refractivity contribution < 1.29 is 9.84 Å². The van der Waals surface area contributed by atoms with Crippen molar-refractivity contribution in [3.05, 3.63) is 18.2 Å². The van der Waals surface area contributed by atoms with E-state index in [0.717, 1.165) is 5.82 Å². The lowest BCUT2D eigenvalue weighted by molar-refractivity contribution is 0.0643. The molecule has 0 fully saturated rings. The maximum Gasteiger partial charge on any atom is 0.122 e. The van der Waals surface area contributed by atoms with Gasteiger partial charge in [0.25, 0.3) is 0 Å². The Morgan fingerprint density at radius 3 is 3.07 bits per heavy atom. The molecule has 0 aliphatic heterocycles. The number of aromatic nitrogens is 2. The molecule has 0 saturated heterocycles. The lowest BCUT2D eigenvalue weighted by atomic mass is 10.4. The second-order valence-electron chi connectivity index (χ2n) is 3.19. The molecule has 0 amide bonds. The van der Waals surface area contributed by atoms with Gasteiger partial charge < -0.3 is 19.7 Å². The van der Waals surface area contributed by atoms with Gasteiger partial charge in [-0.05, 0) is 0 Å². The monoisotopic (exact) mass is 199 g/mol. The van der Waals surface area contributed by atoms with Crippen LogP contribution in [0.5, 0.6) is 0 Å². The van der Waals surface area contributed by atoms with Crippen LogP contribution in [-0.4, -0.2) is 41.0 Å². The summed E-state index contributed by atoms with van der Waals surface area (Å²) < 4.78 is 6.74. The molecule has 0 spiro atoms. The topological polar surface area (TPSA) is 59.3 Å². The third kappa shape index (κ3) is 3.45. The molecule has 0 radical (unpaired) electrons. The van der Waals surface area contributed by atoms with Crippen molar-refractivity contribution in [1.82, 2.24) is 14.9 Å². The van der Waals surface area contributed by atoms with E-state index in [4.69, 9.17) is 4.74 Å². The van der Waals surface area contributed by atoms with Crippen molar-refractivity contribution >= 4 is 0 Å². The van der Waals surface area contributed by atoms with Crippen LogP contribution < -0.4 is 5.32 Å². The van der Waals surface area contributed by atoms with Crippen LogP contribution in [0.1, 0.15) is 5.82 Å². The van der Waals surface area contributed by atoms with Gasteiger partial charge >= 0.3 is 0 Å². The number of aryl methyl sites for hydroxylation is 1. The first-order chi connectivity index (χ1) is 6.74. The van der Waals surface area contributed by atoms with Crippen LogP contribution in [0.2, 0.25) is 0 Å². The van der Waals surface area contributed by atoms with Crippen molar-refractivity contribution in [3.8, 4) is 0 Å². The smallest absolute Gasteiger partial charge is 0.122 e. The number of ether oxygens (including phenoxy) is 1. The van der Waals surface area contributed by atoms with Gasteiger partial charge in [-0.2, -0.15) is 0 Å². The Hall–Kier alpha value is -0.910. The van der Waals surface area contributed by atoms with E-state index in [1.165, 1.54) is 0 Å². The first kappa shape index (κ1) is 11.2. The number of nitrogens with zero attached hydrogens (tertiary/aromatic N) is 2. The van der Waals surface area contributed by atoms with Gasteiger partial charge in [-0.25, -0.2) is 4.98 Å². The van der Waals surface area contributed by atoms with Crippen LogP contribution in [0.4, 0.5) is 0 Å². The Morgan fingerprint density at radius 2 is 2.50 bits per heavy atom. The van der Waals surface area contributed by atoms with Crippen molar-refractivity contribution in [2.75, 3.05) is 20.3 Å². The molecular formula is C9H17N3O2. The lowest BCUT2D eigenvalue weighted by Crippen LogP contribution is -2.30. The van der Waals surface area contributed by atoms with Gasteiger partial charge in [0.2, 0.25) is 0 Å². The first-order valence-electron chi connectivity index (χ1n) is 4.58. The molecule has 1 rings (SSSR count). The normalized spacial score (nSPS) is 13.1. The molecule has 5 heteroatoms. The Morgan fingerprint density at radius 1 is 1.71 bits per heavy atom. The maximum atomic E-state index is 9.33. The van der Waals surface area contributed by atoms with E-state index in [1.54, 1.807) is 13.3 Å². The highest BCUT2D eigenvalue weighted by atomic mass is 16.5. The first-order valence-corrected chi connectivity index (χ1v) is 4.58. The zero-order valence-electron chi connectivity index (χ0n) is 8.60. The molecule has 0 aromatic carbocycles. The molecule has 14 heavy (non-hydrogen) atoms. The fourth-order valence-corrected chi connectivity index (χ4v) is 1.17. The van der Waals surface area contributed by atoms with E-state index in [1.807, 2.05) is 17.8 Å². The summed E-state index contributed by atoms with van der Waals surface area (Å²) in [5.41, 5.74) is 0. The van der Waals surface area contributed by atoms with Crippen LogP contribution in [-0.2, 0) is 18.3 Å². The molecule has 1 aromatic rings. The standard InChI is InChI=1S/C9H17N3O2/c1-12-4-3-11-9(12)6-10-5-8(13)7-14-2/h3-4,8,10,13H,5-7H2,1-2H3.